The van der Waals surface area contributed by atoms with Crippen LogP contribution in [0.4, 0.5) is 10.6 Å². The molecule has 0 spiro atoms. The van der Waals surface area contributed by atoms with Crippen LogP contribution >= 0.6 is 0 Å². The van der Waals surface area contributed by atoms with E-state index in [1.807, 2.05) is 6.07 Å². The largest absolute Gasteiger partial charge is 0.497 e. The van der Waals surface area contributed by atoms with Crippen LogP contribution < -0.4 is 10.1 Å². The molecule has 2 rings (SSSR count). The molecule has 1 N–H and O–H groups in total. The maximum absolute atomic E-state index is 11.6. The molecule has 0 aliphatic heterocycles. The molecule has 19 heavy (non-hydrogen) atoms. The van der Waals surface area contributed by atoms with Gasteiger partial charge in [0.05, 0.1) is 12.6 Å². The van der Waals surface area contributed by atoms with E-state index in [-0.39, 0.29) is 0 Å². The van der Waals surface area contributed by atoms with E-state index in [1.54, 1.807) is 50.7 Å². The van der Waals surface area contributed by atoms with Crippen molar-refractivity contribution in [3.63, 3.8) is 0 Å². The van der Waals surface area contributed by atoms with Crippen LogP contribution in [0.5, 0.6) is 5.75 Å². The lowest BCUT2D eigenvalue weighted by atomic mass is 10.2. The Morgan fingerprint density at radius 2 is 2.11 bits per heavy atom. The van der Waals surface area contributed by atoms with E-state index >= 15 is 0 Å². The second kappa shape index (κ2) is 4.79. The highest BCUT2D eigenvalue weighted by Crippen LogP contribution is 2.17. The van der Waals surface area contributed by atoms with Gasteiger partial charge >= 0.3 is 6.09 Å². The molecule has 0 aliphatic carbocycles. The number of methoxy groups -OCH3 is 1. The van der Waals surface area contributed by atoms with E-state index in [9.17, 15) is 4.79 Å². The van der Waals surface area contributed by atoms with Crippen molar-refractivity contribution < 1.29 is 14.3 Å². The SMILES string of the molecule is COc1ccn2nc(NC(=O)OC(C)(C)C)cc2c1. The summed E-state index contributed by atoms with van der Waals surface area (Å²) in [6.07, 6.45) is 1.23. The molecule has 0 bridgehead atoms. The fourth-order valence-corrected chi connectivity index (χ4v) is 1.57. The predicted molar refractivity (Wildman–Crippen MR) is 71.6 cm³/mol. The Labute approximate surface area is 111 Å². The van der Waals surface area contributed by atoms with Crippen molar-refractivity contribution in [1.82, 2.24) is 9.61 Å². The molecule has 0 fully saturated rings. The van der Waals surface area contributed by atoms with Crippen LogP contribution in [-0.4, -0.2) is 28.4 Å². The molecule has 0 atom stereocenters. The van der Waals surface area contributed by atoms with Crippen LogP contribution in [0.1, 0.15) is 20.8 Å². The maximum atomic E-state index is 11.6. The first kappa shape index (κ1) is 13.2. The van der Waals surface area contributed by atoms with Crippen molar-refractivity contribution in [2.24, 2.45) is 0 Å². The van der Waals surface area contributed by atoms with Crippen molar-refractivity contribution >= 4 is 17.4 Å². The van der Waals surface area contributed by atoms with E-state index < -0.39 is 11.7 Å². The number of nitrogens with zero attached hydrogens (tertiary/aromatic N) is 2. The molecule has 0 radical (unpaired) electrons. The number of carbonyl (C=O) groups is 1. The van der Waals surface area contributed by atoms with Crippen LogP contribution in [0.25, 0.3) is 5.52 Å². The minimum atomic E-state index is -0.535. The Bertz CT molecular complexity index is 599. The number of hydrogen-bond acceptors (Lipinski definition) is 4. The summed E-state index contributed by atoms with van der Waals surface area (Å²) in [7, 11) is 1.60. The van der Waals surface area contributed by atoms with Crippen LogP contribution in [0.3, 0.4) is 0 Å². The van der Waals surface area contributed by atoms with Crippen molar-refractivity contribution in [2.45, 2.75) is 26.4 Å². The third-order valence-corrected chi connectivity index (χ3v) is 2.30. The molecule has 102 valence electrons. The zero-order valence-electron chi connectivity index (χ0n) is 11.4. The standard InChI is InChI=1S/C13H17N3O3/c1-13(2,3)19-12(17)14-11-8-9-7-10(18-4)5-6-16(9)15-11/h5-8H,1-4H3,(H,14,15,17). The van der Waals surface area contributed by atoms with Crippen molar-refractivity contribution in [1.29, 1.82) is 0 Å². The summed E-state index contributed by atoms with van der Waals surface area (Å²) in [5, 5.41) is 6.80. The molecular formula is C13H17N3O3. The van der Waals surface area contributed by atoms with Gasteiger partial charge in [0, 0.05) is 18.3 Å². The van der Waals surface area contributed by atoms with Crippen LogP contribution in [0.2, 0.25) is 0 Å². The van der Waals surface area contributed by atoms with Gasteiger partial charge in [-0.15, -0.1) is 5.10 Å². The van der Waals surface area contributed by atoms with E-state index in [4.69, 9.17) is 9.47 Å². The van der Waals surface area contributed by atoms with E-state index in [2.05, 4.69) is 10.4 Å². The normalized spacial score (nSPS) is 11.4. The molecule has 0 aliphatic rings. The minimum Gasteiger partial charge on any atom is -0.497 e. The van der Waals surface area contributed by atoms with Gasteiger partial charge in [-0.25, -0.2) is 9.31 Å². The average Bonchev–Trinajstić information content (AvgIpc) is 2.66. The fourth-order valence-electron chi connectivity index (χ4n) is 1.57. The molecule has 0 saturated heterocycles. The number of anilines is 1. The number of amides is 1. The average molecular weight is 263 g/mol. The molecule has 6 heteroatoms. The van der Waals surface area contributed by atoms with Gasteiger partial charge in [-0.2, -0.15) is 0 Å². The lowest BCUT2D eigenvalue weighted by Gasteiger charge is -2.18. The van der Waals surface area contributed by atoms with Gasteiger partial charge in [-0.3, -0.25) is 5.32 Å². The van der Waals surface area contributed by atoms with Crippen LogP contribution in [-0.2, 0) is 4.74 Å². The van der Waals surface area contributed by atoms with Gasteiger partial charge < -0.3 is 9.47 Å². The summed E-state index contributed by atoms with van der Waals surface area (Å²) in [6, 6.07) is 5.36. The number of carbonyl (C=O) groups excluding carboxylic acids is 1. The van der Waals surface area contributed by atoms with Crippen molar-refractivity contribution in [2.75, 3.05) is 12.4 Å². The molecule has 6 nitrogen and oxygen atoms in total. The molecule has 2 aromatic rings. The molecule has 0 unspecified atom stereocenters. The Balaban J connectivity index is 2.15. The Kier molecular flexibility index (Phi) is 3.33. The molecule has 0 aromatic carbocycles. The molecule has 1 amide bonds. The van der Waals surface area contributed by atoms with Crippen molar-refractivity contribution in [3.05, 3.63) is 24.4 Å². The Hall–Kier alpha value is -2.24. The van der Waals surface area contributed by atoms with E-state index in [1.165, 1.54) is 0 Å². The van der Waals surface area contributed by atoms with Gasteiger partial charge in [-0.1, -0.05) is 0 Å². The number of pyridine rings is 1. The highest BCUT2D eigenvalue weighted by molar-refractivity contribution is 5.84. The minimum absolute atomic E-state index is 0.433. The maximum Gasteiger partial charge on any atom is 0.413 e. The molecular weight excluding hydrogens is 246 g/mol. The summed E-state index contributed by atoms with van der Waals surface area (Å²) in [5.41, 5.74) is 0.289. The molecule has 2 heterocycles. The summed E-state index contributed by atoms with van der Waals surface area (Å²) in [5.74, 6) is 1.17. The molecule has 0 saturated carbocycles. The lowest BCUT2D eigenvalue weighted by molar-refractivity contribution is 0.0635. The number of aromatic nitrogens is 2. The third kappa shape index (κ3) is 3.37. The first-order valence-electron chi connectivity index (χ1n) is 5.91. The van der Waals surface area contributed by atoms with Gasteiger partial charge in [0.15, 0.2) is 5.82 Å². The number of nitrogens with one attached hydrogen (secondary N) is 1. The monoisotopic (exact) mass is 263 g/mol. The number of ether oxygens (including phenoxy) is 2. The first-order chi connectivity index (χ1) is 8.87. The zero-order chi connectivity index (χ0) is 14.0. The predicted octanol–water partition coefficient (Wildman–Crippen LogP) is 2.69. The van der Waals surface area contributed by atoms with Gasteiger partial charge in [0.1, 0.15) is 11.4 Å². The van der Waals surface area contributed by atoms with Crippen molar-refractivity contribution in [3.8, 4) is 5.75 Å². The quantitative estimate of drug-likeness (QED) is 0.904. The summed E-state index contributed by atoms with van der Waals surface area (Å²) >= 11 is 0. The zero-order valence-corrected chi connectivity index (χ0v) is 11.4. The van der Waals surface area contributed by atoms with E-state index in [0.717, 1.165) is 11.3 Å². The lowest BCUT2D eigenvalue weighted by Crippen LogP contribution is -2.27. The number of rotatable bonds is 2. The second-order valence-electron chi connectivity index (χ2n) is 5.09. The van der Waals surface area contributed by atoms with Crippen LogP contribution in [0.15, 0.2) is 24.4 Å². The molecule has 2 aromatic heterocycles. The number of hydrogen-bond donors (Lipinski definition) is 1. The van der Waals surface area contributed by atoms with Gasteiger partial charge in [0.25, 0.3) is 0 Å². The third-order valence-electron chi connectivity index (χ3n) is 2.30. The Morgan fingerprint density at radius 3 is 2.74 bits per heavy atom. The summed E-state index contributed by atoms with van der Waals surface area (Å²) in [4.78, 5) is 11.6. The van der Waals surface area contributed by atoms with Gasteiger partial charge in [-0.05, 0) is 26.8 Å². The summed E-state index contributed by atoms with van der Waals surface area (Å²) < 4.78 is 11.9. The first-order valence-corrected chi connectivity index (χ1v) is 5.91. The fraction of sp³-hybridized carbons (Fsp3) is 0.385. The van der Waals surface area contributed by atoms with E-state index in [0.29, 0.717) is 5.82 Å². The highest BCUT2D eigenvalue weighted by Gasteiger charge is 2.17. The second-order valence-corrected chi connectivity index (χ2v) is 5.09. The smallest absolute Gasteiger partial charge is 0.413 e. The number of fused-ring (bicyclic) bond motifs is 1. The highest BCUT2D eigenvalue weighted by atomic mass is 16.6. The van der Waals surface area contributed by atoms with Crippen LogP contribution in [0, 0.1) is 0 Å². The Morgan fingerprint density at radius 1 is 1.37 bits per heavy atom. The summed E-state index contributed by atoms with van der Waals surface area (Å²) in [6.45, 7) is 5.42. The van der Waals surface area contributed by atoms with Gasteiger partial charge in [0.2, 0.25) is 0 Å². The topological polar surface area (TPSA) is 64.9 Å².